The van der Waals surface area contributed by atoms with Crippen LogP contribution in [0.2, 0.25) is 0 Å². The summed E-state index contributed by atoms with van der Waals surface area (Å²) < 4.78 is 5.47. The predicted octanol–water partition coefficient (Wildman–Crippen LogP) is 2.94. The summed E-state index contributed by atoms with van der Waals surface area (Å²) in [5.74, 6) is 0.462. The van der Waals surface area contributed by atoms with Gasteiger partial charge in [-0.3, -0.25) is 9.89 Å². The lowest BCUT2D eigenvalue weighted by Crippen LogP contribution is -2.17. The van der Waals surface area contributed by atoms with Crippen molar-refractivity contribution >= 4 is 12.1 Å². The van der Waals surface area contributed by atoms with Crippen LogP contribution in [0.25, 0.3) is 11.3 Å². The molecule has 0 saturated carbocycles. The fourth-order valence-electron chi connectivity index (χ4n) is 2.33. The first-order valence-electron chi connectivity index (χ1n) is 8.07. The Morgan fingerprint density at radius 2 is 2.12 bits per heavy atom. The van der Waals surface area contributed by atoms with Crippen molar-refractivity contribution in [1.29, 1.82) is 0 Å². The summed E-state index contributed by atoms with van der Waals surface area (Å²) >= 11 is 0. The van der Waals surface area contributed by atoms with Crippen molar-refractivity contribution in [3.05, 3.63) is 65.9 Å². The van der Waals surface area contributed by atoms with Gasteiger partial charge in [-0.25, -0.2) is 5.43 Å². The van der Waals surface area contributed by atoms with Gasteiger partial charge in [-0.1, -0.05) is 24.3 Å². The van der Waals surface area contributed by atoms with E-state index in [9.17, 15) is 9.90 Å². The standard InChI is InChI=1S/C19H18N4O3/c1-2-26-16-8-4-6-14(10-16)17-11-18(22-21-17)19(25)23-20-12-13-5-3-7-15(24)9-13/h3-12,24H,2H2,1H3,(H,21,22)(H,23,25)/b20-12+. The van der Waals surface area contributed by atoms with Crippen LogP contribution in [0.1, 0.15) is 23.0 Å². The van der Waals surface area contributed by atoms with E-state index in [-0.39, 0.29) is 11.4 Å². The summed E-state index contributed by atoms with van der Waals surface area (Å²) in [6.45, 7) is 2.50. The van der Waals surface area contributed by atoms with Crippen LogP contribution in [0.4, 0.5) is 0 Å². The minimum absolute atomic E-state index is 0.132. The highest BCUT2D eigenvalue weighted by molar-refractivity contribution is 5.94. The Balaban J connectivity index is 1.67. The van der Waals surface area contributed by atoms with Crippen LogP contribution in [-0.2, 0) is 0 Å². The normalized spacial score (nSPS) is 10.8. The molecule has 132 valence electrons. The highest BCUT2D eigenvalue weighted by atomic mass is 16.5. The van der Waals surface area contributed by atoms with E-state index in [0.717, 1.165) is 11.3 Å². The van der Waals surface area contributed by atoms with Gasteiger partial charge in [0.25, 0.3) is 5.91 Å². The number of carbonyl (C=O) groups excluding carboxylic acids is 1. The lowest BCUT2D eigenvalue weighted by atomic mass is 10.1. The molecule has 26 heavy (non-hydrogen) atoms. The van der Waals surface area contributed by atoms with E-state index in [1.807, 2.05) is 31.2 Å². The maximum atomic E-state index is 12.1. The Morgan fingerprint density at radius 1 is 1.27 bits per heavy atom. The molecule has 7 nitrogen and oxygen atoms in total. The van der Waals surface area contributed by atoms with E-state index in [4.69, 9.17) is 4.74 Å². The number of aromatic amines is 1. The fraction of sp³-hybridized carbons (Fsp3) is 0.105. The number of hydrazone groups is 1. The number of amides is 1. The number of rotatable bonds is 6. The van der Waals surface area contributed by atoms with Crippen LogP contribution >= 0.6 is 0 Å². The topological polar surface area (TPSA) is 99.6 Å². The molecule has 0 unspecified atom stereocenters. The Labute approximate surface area is 150 Å². The summed E-state index contributed by atoms with van der Waals surface area (Å²) in [6.07, 6.45) is 1.44. The number of aromatic nitrogens is 2. The van der Waals surface area contributed by atoms with Crippen LogP contribution in [0.5, 0.6) is 11.5 Å². The number of carbonyl (C=O) groups is 1. The number of hydrogen-bond acceptors (Lipinski definition) is 5. The molecule has 1 heterocycles. The lowest BCUT2D eigenvalue weighted by Gasteiger charge is -2.03. The van der Waals surface area contributed by atoms with E-state index in [1.54, 1.807) is 24.3 Å². The second-order valence-electron chi connectivity index (χ2n) is 5.42. The number of phenolic OH excluding ortho intramolecular Hbond substituents is 1. The minimum atomic E-state index is -0.416. The number of ether oxygens (including phenoxy) is 1. The van der Waals surface area contributed by atoms with Crippen LogP contribution < -0.4 is 10.2 Å². The van der Waals surface area contributed by atoms with Gasteiger partial charge < -0.3 is 9.84 Å². The summed E-state index contributed by atoms with van der Waals surface area (Å²) in [7, 11) is 0. The molecule has 7 heteroatoms. The highest BCUT2D eigenvalue weighted by Crippen LogP contribution is 2.22. The largest absolute Gasteiger partial charge is 0.508 e. The molecule has 3 rings (SSSR count). The Morgan fingerprint density at radius 3 is 2.92 bits per heavy atom. The quantitative estimate of drug-likeness (QED) is 0.470. The molecule has 3 N–H and O–H groups in total. The molecular weight excluding hydrogens is 332 g/mol. The molecule has 0 aliphatic heterocycles. The fourth-order valence-corrected chi connectivity index (χ4v) is 2.33. The molecular formula is C19H18N4O3. The number of aromatic hydroxyl groups is 1. The second-order valence-corrected chi connectivity index (χ2v) is 5.42. The Kier molecular flexibility index (Phi) is 5.28. The average Bonchev–Trinajstić information content (AvgIpc) is 3.13. The lowest BCUT2D eigenvalue weighted by molar-refractivity contribution is 0.0950. The predicted molar refractivity (Wildman–Crippen MR) is 98.4 cm³/mol. The zero-order valence-corrected chi connectivity index (χ0v) is 14.1. The molecule has 0 spiro atoms. The molecule has 1 aromatic heterocycles. The number of nitrogens with zero attached hydrogens (tertiary/aromatic N) is 2. The average molecular weight is 350 g/mol. The van der Waals surface area contributed by atoms with Crippen molar-refractivity contribution in [2.24, 2.45) is 5.10 Å². The molecule has 0 aliphatic carbocycles. The molecule has 0 radical (unpaired) electrons. The van der Waals surface area contributed by atoms with Crippen LogP contribution in [-0.4, -0.2) is 34.0 Å². The van der Waals surface area contributed by atoms with Crippen molar-refractivity contribution in [2.75, 3.05) is 6.61 Å². The molecule has 0 aliphatic rings. The SMILES string of the molecule is CCOc1cccc(-c2cc(C(=O)N/N=C/c3cccc(O)c3)[nH]n2)c1. The zero-order valence-electron chi connectivity index (χ0n) is 14.1. The van der Waals surface area contributed by atoms with Crippen molar-refractivity contribution in [2.45, 2.75) is 6.92 Å². The Bertz CT molecular complexity index is 934. The number of H-pyrrole nitrogens is 1. The third-order valence-corrected chi connectivity index (χ3v) is 3.51. The van der Waals surface area contributed by atoms with Crippen molar-refractivity contribution in [3.63, 3.8) is 0 Å². The maximum absolute atomic E-state index is 12.1. The zero-order chi connectivity index (χ0) is 18.4. The van der Waals surface area contributed by atoms with Gasteiger partial charge in [-0.15, -0.1) is 0 Å². The molecule has 0 fully saturated rings. The first-order chi connectivity index (χ1) is 12.7. The van der Waals surface area contributed by atoms with E-state index in [2.05, 4.69) is 20.7 Å². The Hall–Kier alpha value is -3.61. The van der Waals surface area contributed by atoms with E-state index in [0.29, 0.717) is 17.9 Å². The van der Waals surface area contributed by atoms with Gasteiger partial charge >= 0.3 is 0 Å². The van der Waals surface area contributed by atoms with Crippen LogP contribution in [0.15, 0.2) is 59.7 Å². The summed E-state index contributed by atoms with van der Waals surface area (Å²) in [4.78, 5) is 12.1. The van der Waals surface area contributed by atoms with Gasteiger partial charge in [0.2, 0.25) is 0 Å². The third-order valence-electron chi connectivity index (χ3n) is 3.51. The van der Waals surface area contributed by atoms with Gasteiger partial charge in [0, 0.05) is 5.56 Å². The van der Waals surface area contributed by atoms with Gasteiger partial charge in [-0.05, 0) is 42.8 Å². The molecule has 1 amide bonds. The van der Waals surface area contributed by atoms with Gasteiger partial charge in [0.1, 0.15) is 17.2 Å². The van der Waals surface area contributed by atoms with Gasteiger partial charge in [-0.2, -0.15) is 10.2 Å². The van der Waals surface area contributed by atoms with Crippen LogP contribution in [0.3, 0.4) is 0 Å². The van der Waals surface area contributed by atoms with Gasteiger partial charge in [0.15, 0.2) is 0 Å². The first-order valence-corrected chi connectivity index (χ1v) is 8.07. The summed E-state index contributed by atoms with van der Waals surface area (Å²) in [5, 5.41) is 20.1. The minimum Gasteiger partial charge on any atom is -0.508 e. The van der Waals surface area contributed by atoms with Crippen molar-refractivity contribution in [3.8, 4) is 22.8 Å². The third kappa shape index (κ3) is 4.27. The molecule has 0 bridgehead atoms. The number of phenols is 1. The monoisotopic (exact) mass is 350 g/mol. The molecule has 0 atom stereocenters. The highest BCUT2D eigenvalue weighted by Gasteiger charge is 2.11. The number of hydrogen-bond donors (Lipinski definition) is 3. The number of benzene rings is 2. The van der Waals surface area contributed by atoms with Crippen LogP contribution in [0, 0.1) is 0 Å². The second kappa shape index (κ2) is 7.98. The van der Waals surface area contributed by atoms with Crippen molar-refractivity contribution in [1.82, 2.24) is 15.6 Å². The van der Waals surface area contributed by atoms with E-state index < -0.39 is 5.91 Å². The molecule has 3 aromatic rings. The van der Waals surface area contributed by atoms with Crippen molar-refractivity contribution < 1.29 is 14.6 Å². The summed E-state index contributed by atoms with van der Waals surface area (Å²) in [5.41, 5.74) is 4.85. The smallest absolute Gasteiger partial charge is 0.289 e. The van der Waals surface area contributed by atoms with E-state index in [1.165, 1.54) is 12.3 Å². The maximum Gasteiger partial charge on any atom is 0.289 e. The number of nitrogens with one attached hydrogen (secondary N) is 2. The first kappa shape index (κ1) is 17.2. The molecule has 2 aromatic carbocycles. The van der Waals surface area contributed by atoms with Gasteiger partial charge in [0.05, 0.1) is 18.5 Å². The summed E-state index contributed by atoms with van der Waals surface area (Å²) in [6, 6.07) is 15.7. The molecule has 0 saturated heterocycles. The van der Waals surface area contributed by atoms with E-state index >= 15 is 0 Å².